The Hall–Kier alpha value is -1.15. The van der Waals surface area contributed by atoms with E-state index in [0.29, 0.717) is 41.6 Å². The van der Waals surface area contributed by atoms with Crippen molar-refractivity contribution >= 4 is 15.7 Å². The van der Waals surface area contributed by atoms with Crippen molar-refractivity contribution in [3.63, 3.8) is 0 Å². The van der Waals surface area contributed by atoms with Gasteiger partial charge in [-0.15, -0.1) is 0 Å². The predicted molar refractivity (Wildman–Crippen MR) is 101 cm³/mol. The first kappa shape index (κ1) is 18.2. The molecule has 2 saturated heterocycles. The predicted octanol–water partition coefficient (Wildman–Crippen LogP) is 1.51. The van der Waals surface area contributed by atoms with Gasteiger partial charge in [0.05, 0.1) is 11.0 Å². The van der Waals surface area contributed by atoms with E-state index in [1.165, 1.54) is 12.8 Å². The van der Waals surface area contributed by atoms with Crippen molar-refractivity contribution in [2.45, 2.75) is 49.1 Å². The molecule has 2 heterocycles. The van der Waals surface area contributed by atoms with E-state index < -0.39 is 10.0 Å². The summed E-state index contributed by atoms with van der Waals surface area (Å²) in [6, 6.07) is 7.03. The lowest BCUT2D eigenvalue weighted by molar-refractivity contribution is 0.0863. The van der Waals surface area contributed by atoms with Crippen LogP contribution in [0.2, 0.25) is 0 Å². The summed E-state index contributed by atoms with van der Waals surface area (Å²) < 4.78 is 27.2. The lowest BCUT2D eigenvalue weighted by Crippen LogP contribution is -2.49. The Bertz CT molecular complexity index is 738. The molecule has 3 aliphatic rings. The fourth-order valence-electron chi connectivity index (χ4n) is 4.69. The lowest BCUT2D eigenvalue weighted by atomic mass is 9.90. The number of aliphatic hydroxyl groups excluding tert-OH is 1. The van der Waals surface area contributed by atoms with E-state index in [1.54, 1.807) is 28.6 Å². The van der Waals surface area contributed by atoms with Crippen molar-refractivity contribution < 1.29 is 13.5 Å². The third-order valence-electron chi connectivity index (χ3n) is 6.42. The zero-order chi connectivity index (χ0) is 18.3. The number of piperidine rings is 2. The zero-order valence-corrected chi connectivity index (χ0v) is 15.9. The Balaban J connectivity index is 1.31. The van der Waals surface area contributed by atoms with Crippen molar-refractivity contribution in [1.82, 2.24) is 9.21 Å². The van der Waals surface area contributed by atoms with Gasteiger partial charge in [-0.3, -0.25) is 0 Å². The van der Waals surface area contributed by atoms with Crippen LogP contribution in [0.1, 0.15) is 32.1 Å². The van der Waals surface area contributed by atoms with Gasteiger partial charge in [0.15, 0.2) is 0 Å². The fourth-order valence-corrected chi connectivity index (χ4v) is 6.22. The molecule has 0 bridgehead atoms. The minimum Gasteiger partial charge on any atom is -0.399 e. The van der Waals surface area contributed by atoms with Gasteiger partial charge in [0.2, 0.25) is 10.0 Å². The maximum atomic E-state index is 12.8. The smallest absolute Gasteiger partial charge is 0.243 e. The van der Waals surface area contributed by atoms with E-state index in [9.17, 15) is 13.5 Å². The number of aliphatic hydroxyl groups is 1. The third kappa shape index (κ3) is 3.63. The van der Waals surface area contributed by atoms with Crippen LogP contribution in [-0.2, 0) is 10.0 Å². The molecule has 1 aromatic rings. The highest BCUT2D eigenvalue weighted by Crippen LogP contribution is 2.42. The molecule has 0 amide bonds. The van der Waals surface area contributed by atoms with Crippen LogP contribution in [0.5, 0.6) is 0 Å². The van der Waals surface area contributed by atoms with Gasteiger partial charge >= 0.3 is 0 Å². The Morgan fingerprint density at radius 1 is 1.04 bits per heavy atom. The molecule has 4 rings (SSSR count). The molecule has 3 N–H and O–H groups in total. The second kappa shape index (κ2) is 7.11. The molecule has 1 aliphatic carbocycles. The highest BCUT2D eigenvalue weighted by molar-refractivity contribution is 7.89. The molecule has 1 aromatic carbocycles. The van der Waals surface area contributed by atoms with Gasteiger partial charge in [-0.25, -0.2) is 8.42 Å². The van der Waals surface area contributed by atoms with Crippen LogP contribution < -0.4 is 5.73 Å². The topological polar surface area (TPSA) is 86.9 Å². The second-order valence-electron chi connectivity index (χ2n) is 8.05. The molecular formula is C19H29N3O3S. The van der Waals surface area contributed by atoms with E-state index in [2.05, 4.69) is 4.90 Å². The van der Waals surface area contributed by atoms with Crippen molar-refractivity contribution in [3.05, 3.63) is 24.3 Å². The summed E-state index contributed by atoms with van der Waals surface area (Å²) in [5, 5.41) is 9.63. The number of nitrogens with two attached hydrogens (primary N) is 1. The highest BCUT2D eigenvalue weighted by atomic mass is 32.2. The number of hydrogen-bond donors (Lipinski definition) is 2. The van der Waals surface area contributed by atoms with Gasteiger partial charge in [-0.2, -0.15) is 4.31 Å². The van der Waals surface area contributed by atoms with Gasteiger partial charge in [0.1, 0.15) is 0 Å². The average molecular weight is 380 g/mol. The number of likely N-dealkylation sites (tertiary alicyclic amines) is 1. The molecule has 2 aliphatic heterocycles. The molecule has 0 aromatic heterocycles. The van der Waals surface area contributed by atoms with Gasteiger partial charge in [-0.05, 0) is 75.2 Å². The summed E-state index contributed by atoms with van der Waals surface area (Å²) >= 11 is 0. The number of nitrogen functional groups attached to an aromatic ring is 1. The van der Waals surface area contributed by atoms with Gasteiger partial charge in [0, 0.05) is 24.8 Å². The first-order valence-corrected chi connectivity index (χ1v) is 11.2. The summed E-state index contributed by atoms with van der Waals surface area (Å²) in [5.74, 6) is 1.23. The maximum absolute atomic E-state index is 12.8. The molecule has 26 heavy (non-hydrogen) atoms. The van der Waals surface area contributed by atoms with Gasteiger partial charge < -0.3 is 15.7 Å². The molecule has 7 heteroatoms. The molecule has 1 saturated carbocycles. The lowest BCUT2D eigenvalue weighted by Gasteiger charge is -2.41. The van der Waals surface area contributed by atoms with Crippen LogP contribution in [0.3, 0.4) is 0 Å². The first-order chi connectivity index (χ1) is 12.4. The maximum Gasteiger partial charge on any atom is 0.243 e. The molecule has 0 radical (unpaired) electrons. The number of nitrogens with zero attached hydrogens (tertiary/aromatic N) is 2. The monoisotopic (exact) mass is 379 g/mol. The first-order valence-electron chi connectivity index (χ1n) is 9.73. The molecule has 3 fully saturated rings. The van der Waals surface area contributed by atoms with E-state index in [1.807, 2.05) is 0 Å². The average Bonchev–Trinajstić information content (AvgIpc) is 3.39. The normalized spacial score (nSPS) is 29.7. The number of benzene rings is 1. The summed E-state index contributed by atoms with van der Waals surface area (Å²) in [4.78, 5) is 2.83. The molecule has 6 nitrogen and oxygen atoms in total. The van der Waals surface area contributed by atoms with Crippen molar-refractivity contribution in [3.8, 4) is 0 Å². The standard InChI is InChI=1S/C19H29N3O3S/c20-15-2-1-3-17(12-15)26(24,25)22-10-6-16(7-11-22)21-8-4-14(5-9-21)18-13-19(18)23/h1-3,12,14,16,18-19,23H,4-11,13,20H2. The molecular weight excluding hydrogens is 350 g/mol. The second-order valence-corrected chi connectivity index (χ2v) is 9.99. The Labute approximate surface area is 156 Å². The van der Waals surface area contributed by atoms with Crippen LogP contribution >= 0.6 is 0 Å². The van der Waals surface area contributed by atoms with Crippen LogP contribution in [0, 0.1) is 11.8 Å². The molecule has 2 atom stereocenters. The van der Waals surface area contributed by atoms with Crippen molar-refractivity contribution in [2.24, 2.45) is 11.8 Å². The SMILES string of the molecule is Nc1cccc(S(=O)(=O)N2CCC(N3CCC(C4CC4O)CC3)CC2)c1. The summed E-state index contributed by atoms with van der Waals surface area (Å²) in [6.07, 6.45) is 5.06. The van der Waals surface area contributed by atoms with Crippen LogP contribution in [-0.4, -0.2) is 61.1 Å². The Morgan fingerprint density at radius 2 is 1.69 bits per heavy atom. The van der Waals surface area contributed by atoms with Crippen LogP contribution in [0.4, 0.5) is 5.69 Å². The van der Waals surface area contributed by atoms with E-state index >= 15 is 0 Å². The number of anilines is 1. The van der Waals surface area contributed by atoms with E-state index in [0.717, 1.165) is 32.4 Å². The Kier molecular flexibility index (Phi) is 4.98. The molecule has 144 valence electrons. The summed E-state index contributed by atoms with van der Waals surface area (Å²) in [5.41, 5.74) is 6.22. The number of sulfonamides is 1. The van der Waals surface area contributed by atoms with E-state index in [4.69, 9.17) is 5.73 Å². The van der Waals surface area contributed by atoms with Crippen LogP contribution in [0.15, 0.2) is 29.2 Å². The van der Waals surface area contributed by atoms with Crippen LogP contribution in [0.25, 0.3) is 0 Å². The largest absolute Gasteiger partial charge is 0.399 e. The Morgan fingerprint density at radius 3 is 2.27 bits per heavy atom. The van der Waals surface area contributed by atoms with Crippen molar-refractivity contribution in [1.29, 1.82) is 0 Å². The summed E-state index contributed by atoms with van der Waals surface area (Å²) in [7, 11) is -3.45. The molecule has 2 unspecified atom stereocenters. The van der Waals surface area contributed by atoms with E-state index in [-0.39, 0.29) is 6.10 Å². The minimum atomic E-state index is -3.45. The quantitative estimate of drug-likeness (QED) is 0.775. The third-order valence-corrected chi connectivity index (χ3v) is 8.31. The van der Waals surface area contributed by atoms with Gasteiger partial charge in [0.25, 0.3) is 0 Å². The summed E-state index contributed by atoms with van der Waals surface area (Å²) in [6.45, 7) is 3.31. The van der Waals surface area contributed by atoms with Gasteiger partial charge in [-0.1, -0.05) is 6.07 Å². The molecule has 0 spiro atoms. The minimum absolute atomic E-state index is 0.0491. The number of hydrogen-bond acceptors (Lipinski definition) is 5. The fraction of sp³-hybridized carbons (Fsp3) is 0.684. The van der Waals surface area contributed by atoms with Crippen molar-refractivity contribution in [2.75, 3.05) is 31.9 Å². The number of rotatable bonds is 4. The highest BCUT2D eigenvalue weighted by Gasteiger charge is 2.43. The zero-order valence-electron chi connectivity index (χ0n) is 15.1.